The van der Waals surface area contributed by atoms with Gasteiger partial charge in [-0.25, -0.2) is 9.59 Å². The normalized spacial score (nSPS) is 9.97. The average molecular weight is 440 g/mol. The Morgan fingerprint density at radius 2 is 1.10 bits per heavy atom. The summed E-state index contributed by atoms with van der Waals surface area (Å²) in [5.41, 5.74) is 0.167. The topological polar surface area (TPSA) is 158 Å². The van der Waals surface area contributed by atoms with Crippen LogP contribution >= 0.6 is 0 Å². The number of ether oxygens (including phenoxy) is 1. The van der Waals surface area contributed by atoms with E-state index in [1.165, 1.54) is 24.3 Å². The quantitative estimate of drug-likeness (QED) is 0.236. The molecule has 0 fully saturated rings. The number of hydrogen-bond donors (Lipinski definition) is 4. The molecule has 0 amide bonds. The van der Waals surface area contributed by atoms with Gasteiger partial charge >= 0.3 is 23.9 Å². The first-order chi connectivity index (χ1) is 14.8. The predicted molar refractivity (Wildman–Crippen MR) is 112 cm³/mol. The zero-order valence-corrected chi connectivity index (χ0v) is 17.6. The highest BCUT2D eigenvalue weighted by atomic mass is 16.5. The van der Waals surface area contributed by atoms with Gasteiger partial charge in [-0.2, -0.15) is 0 Å². The Balaban J connectivity index is 0.000000639. The summed E-state index contributed by atoms with van der Waals surface area (Å²) >= 11 is 0. The molecule has 0 aliphatic rings. The number of aliphatic carboxylic acids is 1. The van der Waals surface area contributed by atoms with Gasteiger partial charge in [0.1, 0.15) is 0 Å². The zero-order chi connectivity index (χ0) is 23.5. The minimum absolute atomic E-state index is 0.0833. The van der Waals surface area contributed by atoms with E-state index >= 15 is 0 Å². The summed E-state index contributed by atoms with van der Waals surface area (Å²) in [4.78, 5) is 42.2. The summed E-state index contributed by atoms with van der Waals surface area (Å²) in [5, 5.41) is 33.9. The van der Waals surface area contributed by atoms with Crippen LogP contribution in [0.4, 0.5) is 0 Å². The lowest BCUT2D eigenvalue weighted by atomic mass is 10.1. The second-order valence-corrected chi connectivity index (χ2v) is 6.85. The van der Waals surface area contributed by atoms with Crippen molar-refractivity contribution in [3.8, 4) is 0 Å². The molecule has 9 nitrogen and oxygen atoms in total. The number of unbranched alkanes of at least 4 members (excludes halogenated alkanes) is 6. The Morgan fingerprint density at radius 1 is 0.645 bits per heavy atom. The summed E-state index contributed by atoms with van der Waals surface area (Å²) < 4.78 is 5.00. The maximum absolute atomic E-state index is 11.3. The highest BCUT2D eigenvalue weighted by molar-refractivity contribution is 5.91. The number of carbonyl (C=O) groups excluding carboxylic acids is 1. The van der Waals surface area contributed by atoms with E-state index in [-0.39, 0.29) is 30.1 Å². The molecule has 1 rings (SSSR count). The van der Waals surface area contributed by atoms with Crippen LogP contribution in [0.5, 0.6) is 0 Å². The molecule has 0 radical (unpaired) electrons. The summed E-state index contributed by atoms with van der Waals surface area (Å²) in [6.45, 7) is 0.536. The Labute approximate surface area is 181 Å². The van der Waals surface area contributed by atoms with Gasteiger partial charge in [0.15, 0.2) is 0 Å². The van der Waals surface area contributed by atoms with Crippen LogP contribution < -0.4 is 0 Å². The number of aliphatic hydroxyl groups is 1. The molecule has 0 spiro atoms. The number of aliphatic hydroxyl groups excluding tert-OH is 1. The van der Waals surface area contributed by atoms with Crippen LogP contribution in [0.2, 0.25) is 0 Å². The second-order valence-electron chi connectivity index (χ2n) is 6.85. The Kier molecular flexibility index (Phi) is 16.2. The third-order valence-corrected chi connectivity index (χ3v) is 4.22. The summed E-state index contributed by atoms with van der Waals surface area (Å²) in [6.07, 6.45) is 7.65. The molecule has 1 aromatic rings. The lowest BCUT2D eigenvalue weighted by molar-refractivity contribution is -0.144. The van der Waals surface area contributed by atoms with E-state index < -0.39 is 17.9 Å². The minimum Gasteiger partial charge on any atom is -0.481 e. The fourth-order valence-corrected chi connectivity index (χ4v) is 2.48. The first kappa shape index (κ1) is 28.1. The molecule has 0 bridgehead atoms. The van der Waals surface area contributed by atoms with Gasteiger partial charge in [-0.3, -0.25) is 9.59 Å². The molecule has 4 N–H and O–H groups in total. The summed E-state index contributed by atoms with van der Waals surface area (Å²) in [7, 11) is 0. The van der Waals surface area contributed by atoms with E-state index in [4.69, 9.17) is 25.2 Å². The fourth-order valence-electron chi connectivity index (χ4n) is 2.48. The van der Waals surface area contributed by atoms with Gasteiger partial charge in [-0.05, 0) is 49.9 Å². The van der Waals surface area contributed by atoms with E-state index in [1.807, 2.05) is 0 Å². The number of hydrogen-bond acceptors (Lipinski definition) is 6. The van der Waals surface area contributed by atoms with E-state index in [1.54, 1.807) is 0 Å². The molecule has 1 aromatic carbocycles. The van der Waals surface area contributed by atoms with Gasteiger partial charge in [0.25, 0.3) is 0 Å². The maximum Gasteiger partial charge on any atom is 0.335 e. The monoisotopic (exact) mass is 440 g/mol. The molecular formula is C22H32O9. The summed E-state index contributed by atoms with van der Waals surface area (Å²) in [6, 6.07) is 5.02. The number of carboxylic acids is 3. The largest absolute Gasteiger partial charge is 0.481 e. The van der Waals surface area contributed by atoms with Crippen LogP contribution in [0, 0.1) is 0 Å². The first-order valence-electron chi connectivity index (χ1n) is 10.3. The smallest absolute Gasteiger partial charge is 0.335 e. The summed E-state index contributed by atoms with van der Waals surface area (Å²) in [5.74, 6) is -3.02. The van der Waals surface area contributed by atoms with Gasteiger partial charge in [-0.15, -0.1) is 0 Å². The Hall–Kier alpha value is -2.94. The van der Waals surface area contributed by atoms with Crippen molar-refractivity contribution in [3.05, 3.63) is 35.4 Å². The van der Waals surface area contributed by atoms with Crippen LogP contribution in [0.3, 0.4) is 0 Å². The fraction of sp³-hybridized carbons (Fsp3) is 0.545. The standard InChI is InChI=1S/C14H26O5.C8H6O4/c15-11-7-8-12-19-14(18)10-6-4-2-1-3-5-9-13(16)17;9-7(10)5-1-2-6(4-3-5)8(11)12/h15H,1-12H2,(H,16,17);1-4H,(H,9,10)(H,11,12). The Morgan fingerprint density at radius 3 is 1.52 bits per heavy atom. The number of benzene rings is 1. The third-order valence-electron chi connectivity index (χ3n) is 4.22. The SMILES string of the molecule is O=C(O)CCCCCCCCC(=O)OCCCCO.O=C(O)c1ccc(C(=O)O)cc1. The van der Waals surface area contributed by atoms with Crippen molar-refractivity contribution in [2.75, 3.05) is 13.2 Å². The third kappa shape index (κ3) is 16.5. The number of aromatic carboxylic acids is 2. The molecule has 0 aliphatic heterocycles. The van der Waals surface area contributed by atoms with Crippen LogP contribution in [0.1, 0.15) is 84.9 Å². The highest BCUT2D eigenvalue weighted by Gasteiger charge is 2.05. The Bertz CT molecular complexity index is 635. The van der Waals surface area contributed by atoms with Gasteiger partial charge < -0.3 is 25.2 Å². The van der Waals surface area contributed by atoms with Gasteiger partial charge in [0.2, 0.25) is 0 Å². The molecular weight excluding hydrogens is 408 g/mol. The molecule has 174 valence electrons. The van der Waals surface area contributed by atoms with Crippen molar-refractivity contribution >= 4 is 23.9 Å². The molecule has 31 heavy (non-hydrogen) atoms. The lowest BCUT2D eigenvalue weighted by Gasteiger charge is -2.04. The molecule has 0 unspecified atom stereocenters. The van der Waals surface area contributed by atoms with Crippen LogP contribution in [0.15, 0.2) is 24.3 Å². The average Bonchev–Trinajstić information content (AvgIpc) is 2.73. The van der Waals surface area contributed by atoms with Gasteiger partial charge in [0, 0.05) is 19.4 Å². The molecule has 0 aromatic heterocycles. The number of rotatable bonds is 15. The van der Waals surface area contributed by atoms with E-state index in [2.05, 4.69) is 0 Å². The maximum atomic E-state index is 11.3. The molecule has 0 aliphatic carbocycles. The van der Waals surface area contributed by atoms with Crippen molar-refractivity contribution in [3.63, 3.8) is 0 Å². The predicted octanol–water partition coefficient (Wildman–Crippen LogP) is 3.59. The highest BCUT2D eigenvalue weighted by Crippen LogP contribution is 2.09. The van der Waals surface area contributed by atoms with Crippen LogP contribution in [0.25, 0.3) is 0 Å². The van der Waals surface area contributed by atoms with E-state index in [0.717, 1.165) is 38.5 Å². The second kappa shape index (κ2) is 17.9. The minimum atomic E-state index is -1.06. The van der Waals surface area contributed by atoms with Crippen molar-refractivity contribution in [1.82, 2.24) is 0 Å². The molecule has 9 heteroatoms. The van der Waals surface area contributed by atoms with E-state index in [0.29, 0.717) is 25.9 Å². The van der Waals surface area contributed by atoms with Crippen molar-refractivity contribution in [1.29, 1.82) is 0 Å². The van der Waals surface area contributed by atoms with Crippen LogP contribution in [-0.4, -0.2) is 57.5 Å². The van der Waals surface area contributed by atoms with Crippen molar-refractivity contribution < 1.29 is 44.3 Å². The lowest BCUT2D eigenvalue weighted by Crippen LogP contribution is -2.06. The zero-order valence-electron chi connectivity index (χ0n) is 17.6. The molecule has 0 saturated heterocycles. The van der Waals surface area contributed by atoms with Gasteiger partial charge in [0.05, 0.1) is 17.7 Å². The van der Waals surface area contributed by atoms with E-state index in [9.17, 15) is 19.2 Å². The molecule has 0 heterocycles. The number of carboxylic acid groups (broad SMARTS) is 3. The van der Waals surface area contributed by atoms with Crippen LogP contribution in [-0.2, 0) is 14.3 Å². The van der Waals surface area contributed by atoms with Crippen molar-refractivity contribution in [2.24, 2.45) is 0 Å². The molecule has 0 atom stereocenters. The van der Waals surface area contributed by atoms with Crippen molar-refractivity contribution in [2.45, 2.75) is 64.2 Å². The van der Waals surface area contributed by atoms with Gasteiger partial charge in [-0.1, -0.05) is 25.7 Å². The number of esters is 1. The first-order valence-corrected chi connectivity index (χ1v) is 10.3. The number of carbonyl (C=O) groups is 4. The molecule has 0 saturated carbocycles.